The van der Waals surface area contributed by atoms with E-state index in [2.05, 4.69) is 20.2 Å². The lowest BCUT2D eigenvalue weighted by Gasteiger charge is -2.40. The SMILES string of the molecule is [B]/C(=C1/C[C@](C)(CCC)C(F)C[C@H]1F)c1cnc(-c2ccc(-n3ccnc3)cc2O)nn1. The van der Waals surface area contributed by atoms with Crippen LogP contribution < -0.4 is 0 Å². The molecule has 1 N–H and O–H groups in total. The van der Waals surface area contributed by atoms with Gasteiger partial charge in [-0.15, -0.1) is 10.2 Å². The van der Waals surface area contributed by atoms with E-state index in [-0.39, 0.29) is 35.6 Å². The van der Waals surface area contributed by atoms with Gasteiger partial charge in [-0.05, 0) is 30.5 Å². The van der Waals surface area contributed by atoms with Crippen LogP contribution in [0.15, 0.2) is 48.7 Å². The molecular formula is C23H24BF2N5O. The van der Waals surface area contributed by atoms with Crippen LogP contribution in [-0.2, 0) is 0 Å². The maximum Gasteiger partial charge on any atom is 0.185 e. The Balaban J connectivity index is 1.61. The highest BCUT2D eigenvalue weighted by Crippen LogP contribution is 2.46. The molecule has 1 fully saturated rings. The summed E-state index contributed by atoms with van der Waals surface area (Å²) in [5.74, 6) is 0.193. The van der Waals surface area contributed by atoms with Gasteiger partial charge in [-0.2, -0.15) is 0 Å². The Labute approximate surface area is 186 Å². The first kappa shape index (κ1) is 22.1. The summed E-state index contributed by atoms with van der Waals surface area (Å²) in [6.45, 7) is 3.82. The van der Waals surface area contributed by atoms with Gasteiger partial charge in [0.15, 0.2) is 5.82 Å². The van der Waals surface area contributed by atoms with E-state index in [1.165, 1.54) is 6.20 Å². The first-order chi connectivity index (χ1) is 15.3. The van der Waals surface area contributed by atoms with E-state index in [0.29, 0.717) is 17.6 Å². The van der Waals surface area contributed by atoms with Crippen molar-refractivity contribution in [2.75, 3.05) is 0 Å². The summed E-state index contributed by atoms with van der Waals surface area (Å²) in [5, 5.41) is 18.6. The number of rotatable bonds is 5. The molecule has 1 saturated carbocycles. The van der Waals surface area contributed by atoms with Gasteiger partial charge in [0.1, 0.15) is 25.9 Å². The van der Waals surface area contributed by atoms with E-state index in [1.807, 2.05) is 13.8 Å². The molecule has 0 aliphatic heterocycles. The Morgan fingerprint density at radius 1 is 1.31 bits per heavy atom. The lowest BCUT2D eigenvalue weighted by atomic mass is 9.66. The highest BCUT2D eigenvalue weighted by molar-refractivity contribution is 6.42. The second kappa shape index (κ2) is 8.80. The summed E-state index contributed by atoms with van der Waals surface area (Å²) < 4.78 is 31.0. The van der Waals surface area contributed by atoms with Crippen molar-refractivity contribution >= 4 is 13.3 Å². The molecule has 1 aromatic carbocycles. The van der Waals surface area contributed by atoms with Crippen LogP contribution in [0.2, 0.25) is 0 Å². The number of nitrogens with zero attached hydrogens (tertiary/aromatic N) is 5. The van der Waals surface area contributed by atoms with Crippen LogP contribution in [-0.4, -0.2) is 50.0 Å². The first-order valence-corrected chi connectivity index (χ1v) is 10.6. The van der Waals surface area contributed by atoms with Crippen molar-refractivity contribution in [3.05, 3.63) is 54.4 Å². The van der Waals surface area contributed by atoms with E-state index in [4.69, 9.17) is 7.85 Å². The van der Waals surface area contributed by atoms with Gasteiger partial charge in [-0.1, -0.05) is 25.7 Å². The van der Waals surface area contributed by atoms with Crippen molar-refractivity contribution in [1.29, 1.82) is 0 Å². The fourth-order valence-corrected chi connectivity index (χ4v) is 4.31. The molecule has 0 spiro atoms. The van der Waals surface area contributed by atoms with E-state index < -0.39 is 17.8 Å². The molecule has 164 valence electrons. The lowest BCUT2D eigenvalue weighted by molar-refractivity contribution is 0.0552. The molecule has 3 atom stereocenters. The molecule has 4 rings (SSSR count). The van der Waals surface area contributed by atoms with Crippen molar-refractivity contribution in [2.45, 2.75) is 51.9 Å². The molecule has 32 heavy (non-hydrogen) atoms. The smallest absolute Gasteiger partial charge is 0.185 e. The lowest BCUT2D eigenvalue weighted by Crippen LogP contribution is -2.38. The molecule has 2 heterocycles. The Kier molecular flexibility index (Phi) is 6.08. The Morgan fingerprint density at radius 2 is 2.12 bits per heavy atom. The molecule has 2 radical (unpaired) electrons. The number of phenolic OH excluding ortho intramolecular Hbond substituents is 1. The number of benzene rings is 1. The zero-order valence-corrected chi connectivity index (χ0v) is 18.0. The molecule has 3 aromatic rings. The fraction of sp³-hybridized carbons (Fsp3) is 0.391. The van der Waals surface area contributed by atoms with Gasteiger partial charge in [0.05, 0.1) is 29.5 Å². The van der Waals surface area contributed by atoms with E-state index >= 15 is 0 Å². The van der Waals surface area contributed by atoms with Crippen molar-refractivity contribution in [3.8, 4) is 22.8 Å². The average molecular weight is 435 g/mol. The number of hydrogen-bond donors (Lipinski definition) is 1. The maximum atomic E-state index is 14.7. The van der Waals surface area contributed by atoms with Crippen LogP contribution in [0.4, 0.5) is 8.78 Å². The third kappa shape index (κ3) is 4.16. The number of allylic oxidation sites excluding steroid dienone is 1. The summed E-state index contributed by atoms with van der Waals surface area (Å²) in [5.41, 5.74) is 1.22. The van der Waals surface area contributed by atoms with Crippen LogP contribution in [0, 0.1) is 5.41 Å². The molecule has 0 saturated heterocycles. The van der Waals surface area contributed by atoms with Gasteiger partial charge in [-0.3, -0.25) is 0 Å². The highest BCUT2D eigenvalue weighted by Gasteiger charge is 2.43. The standard InChI is InChI=1S/C23H24BF2N5O/c1-3-6-23(2)11-16(17(25)10-20(23)26)21(24)18-12-28-22(30-29-18)15-5-4-14(9-19(15)32)31-8-7-27-13-31/h4-5,7-9,12-13,17,20,32H,3,6,10-11H2,1-2H3/b21-16-/t17-,20?,23+/m1/s1. The first-order valence-electron chi connectivity index (χ1n) is 10.6. The predicted octanol–water partition coefficient (Wildman–Crippen LogP) is 4.59. The van der Waals surface area contributed by atoms with E-state index in [0.717, 1.165) is 12.1 Å². The molecule has 2 aromatic heterocycles. The fourth-order valence-electron chi connectivity index (χ4n) is 4.31. The van der Waals surface area contributed by atoms with Gasteiger partial charge < -0.3 is 9.67 Å². The molecule has 0 bridgehead atoms. The molecule has 6 nitrogen and oxygen atoms in total. The van der Waals surface area contributed by atoms with Crippen LogP contribution in [0.3, 0.4) is 0 Å². The van der Waals surface area contributed by atoms with Crippen molar-refractivity contribution < 1.29 is 13.9 Å². The second-order valence-electron chi connectivity index (χ2n) is 8.53. The van der Waals surface area contributed by atoms with Crippen LogP contribution >= 0.6 is 0 Å². The Hall–Kier alpha value is -3.10. The Morgan fingerprint density at radius 3 is 2.75 bits per heavy atom. The van der Waals surface area contributed by atoms with Crippen LogP contribution in [0.25, 0.3) is 22.5 Å². The van der Waals surface area contributed by atoms with Crippen LogP contribution in [0.5, 0.6) is 5.75 Å². The quantitative estimate of drug-likeness (QED) is 0.594. The molecular weight excluding hydrogens is 411 g/mol. The molecule has 9 heteroatoms. The summed E-state index contributed by atoms with van der Waals surface area (Å²) in [6, 6.07) is 5.05. The maximum absolute atomic E-state index is 14.7. The topological polar surface area (TPSA) is 76.7 Å². The number of halogens is 2. The highest BCUT2D eigenvalue weighted by atomic mass is 19.1. The minimum absolute atomic E-state index is 0.0162. The van der Waals surface area contributed by atoms with Crippen LogP contribution in [0.1, 0.15) is 45.2 Å². The summed E-state index contributed by atoms with van der Waals surface area (Å²) in [6.07, 6.45) is 5.23. The average Bonchev–Trinajstić information content (AvgIpc) is 3.31. The number of phenols is 1. The van der Waals surface area contributed by atoms with Crippen molar-refractivity contribution in [1.82, 2.24) is 24.7 Å². The van der Waals surface area contributed by atoms with Gasteiger partial charge in [0, 0.05) is 30.3 Å². The largest absolute Gasteiger partial charge is 0.507 e. The second-order valence-corrected chi connectivity index (χ2v) is 8.53. The number of aromatic nitrogens is 5. The minimum atomic E-state index is -1.46. The molecule has 0 amide bonds. The van der Waals surface area contributed by atoms with E-state index in [1.54, 1.807) is 41.5 Å². The predicted molar refractivity (Wildman–Crippen MR) is 119 cm³/mol. The zero-order valence-electron chi connectivity index (χ0n) is 18.0. The van der Waals surface area contributed by atoms with Gasteiger partial charge in [0.2, 0.25) is 0 Å². The minimum Gasteiger partial charge on any atom is -0.507 e. The van der Waals surface area contributed by atoms with Crippen molar-refractivity contribution in [3.63, 3.8) is 0 Å². The molecule has 1 aliphatic rings. The summed E-state index contributed by atoms with van der Waals surface area (Å²) in [7, 11) is 6.23. The molecule has 1 unspecified atom stereocenters. The third-order valence-corrected chi connectivity index (χ3v) is 6.17. The van der Waals surface area contributed by atoms with Crippen molar-refractivity contribution in [2.24, 2.45) is 5.41 Å². The van der Waals surface area contributed by atoms with Gasteiger partial charge >= 0.3 is 0 Å². The third-order valence-electron chi connectivity index (χ3n) is 6.17. The number of alkyl halides is 2. The number of imidazole rings is 1. The van der Waals surface area contributed by atoms with E-state index in [9.17, 15) is 13.9 Å². The Bertz CT molecular complexity index is 1120. The normalized spacial score (nSPS) is 25.0. The zero-order chi connectivity index (χ0) is 22.9. The summed E-state index contributed by atoms with van der Waals surface area (Å²) >= 11 is 0. The number of aromatic hydroxyl groups is 1. The molecule has 1 aliphatic carbocycles. The van der Waals surface area contributed by atoms with Gasteiger partial charge in [-0.25, -0.2) is 18.7 Å². The van der Waals surface area contributed by atoms with Gasteiger partial charge in [0.25, 0.3) is 0 Å². The monoisotopic (exact) mass is 435 g/mol. The summed E-state index contributed by atoms with van der Waals surface area (Å²) in [4.78, 5) is 8.25. The number of hydrogen-bond acceptors (Lipinski definition) is 5.